The van der Waals surface area contributed by atoms with Crippen molar-refractivity contribution in [1.82, 2.24) is 4.98 Å². The summed E-state index contributed by atoms with van der Waals surface area (Å²) in [5, 5.41) is 0. The number of hydrogen-bond donors (Lipinski definition) is 0. The van der Waals surface area contributed by atoms with Gasteiger partial charge in [-0.15, -0.1) is 0 Å². The van der Waals surface area contributed by atoms with Gasteiger partial charge in [-0.2, -0.15) is 0 Å². The highest BCUT2D eigenvalue weighted by Gasteiger charge is 2.46. The molecule has 0 atom stereocenters. The number of benzene rings is 6. The second-order valence-corrected chi connectivity index (χ2v) is 14.0. The van der Waals surface area contributed by atoms with Crippen molar-refractivity contribution < 1.29 is 0 Å². The van der Waals surface area contributed by atoms with E-state index < -0.39 is 0 Å². The Morgan fingerprint density at radius 3 is 1.65 bits per heavy atom. The van der Waals surface area contributed by atoms with Crippen LogP contribution in [0.1, 0.15) is 26.3 Å². The molecule has 234 valence electrons. The Kier molecular flexibility index (Phi) is 6.80. The van der Waals surface area contributed by atoms with Gasteiger partial charge in [0.2, 0.25) is 0 Å². The van der Waals surface area contributed by atoms with Crippen LogP contribution in [0.2, 0.25) is 0 Å². The number of anilines is 6. The zero-order valence-electron chi connectivity index (χ0n) is 28.0. The Morgan fingerprint density at radius 1 is 0.490 bits per heavy atom. The second-order valence-electron chi connectivity index (χ2n) is 14.0. The molecule has 49 heavy (non-hydrogen) atoms. The van der Waals surface area contributed by atoms with E-state index in [9.17, 15) is 0 Å². The molecule has 0 unspecified atom stereocenters. The lowest BCUT2D eigenvalue weighted by molar-refractivity contribution is 0.591. The van der Waals surface area contributed by atoms with Crippen molar-refractivity contribution in [3.63, 3.8) is 0 Å². The third-order valence-electron chi connectivity index (χ3n) is 9.94. The minimum Gasteiger partial charge on any atom is -0.311 e. The van der Waals surface area contributed by atoms with Crippen LogP contribution in [-0.4, -0.2) is 11.7 Å². The molecule has 2 aliphatic rings. The van der Waals surface area contributed by atoms with E-state index in [0.29, 0.717) is 0 Å². The summed E-state index contributed by atoms with van der Waals surface area (Å²) in [6.07, 6.45) is 0. The van der Waals surface area contributed by atoms with E-state index in [1.807, 2.05) is 0 Å². The van der Waals surface area contributed by atoms with Gasteiger partial charge in [-0.3, -0.25) is 4.98 Å². The largest absolute Gasteiger partial charge is 0.311 e. The van der Waals surface area contributed by atoms with Crippen LogP contribution in [0.25, 0.3) is 22.4 Å². The number of para-hydroxylation sites is 2. The Morgan fingerprint density at radius 2 is 1.04 bits per heavy atom. The summed E-state index contributed by atoms with van der Waals surface area (Å²) >= 11 is 0. The van der Waals surface area contributed by atoms with Gasteiger partial charge in [-0.1, -0.05) is 136 Å². The molecular weight excluding hydrogens is 593 g/mol. The summed E-state index contributed by atoms with van der Waals surface area (Å²) in [5.41, 5.74) is 16.3. The van der Waals surface area contributed by atoms with Crippen LogP contribution < -0.4 is 26.3 Å². The summed E-state index contributed by atoms with van der Waals surface area (Å²) < 4.78 is 0. The molecule has 3 nitrogen and oxygen atoms in total. The first-order chi connectivity index (χ1) is 24.0. The van der Waals surface area contributed by atoms with Crippen molar-refractivity contribution in [1.29, 1.82) is 0 Å². The number of pyridine rings is 1. The molecule has 0 amide bonds. The maximum atomic E-state index is 5.70. The maximum Gasteiger partial charge on any atom is 0.275 e. The van der Waals surface area contributed by atoms with E-state index in [4.69, 9.17) is 4.98 Å². The molecule has 0 fully saturated rings. The van der Waals surface area contributed by atoms with Crippen molar-refractivity contribution >= 4 is 57.4 Å². The molecule has 0 aliphatic carbocycles. The minimum absolute atomic E-state index is 0.0791. The third-order valence-corrected chi connectivity index (χ3v) is 9.94. The lowest BCUT2D eigenvalue weighted by atomic mass is 9.34. The smallest absolute Gasteiger partial charge is 0.275 e. The van der Waals surface area contributed by atoms with Crippen LogP contribution in [0.4, 0.5) is 34.1 Å². The Bertz CT molecular complexity index is 2310. The van der Waals surface area contributed by atoms with Gasteiger partial charge in [-0.05, 0) is 81.6 Å². The van der Waals surface area contributed by atoms with Crippen molar-refractivity contribution in [2.24, 2.45) is 0 Å². The van der Waals surface area contributed by atoms with E-state index in [1.165, 1.54) is 50.4 Å². The average molecular weight is 630 g/mol. The van der Waals surface area contributed by atoms with Gasteiger partial charge < -0.3 is 9.80 Å². The molecule has 4 heteroatoms. The summed E-state index contributed by atoms with van der Waals surface area (Å²) in [4.78, 5) is 10.6. The average Bonchev–Trinajstić information content (AvgIpc) is 3.15. The molecule has 1 aromatic heterocycles. The molecule has 7 aromatic rings. The lowest BCUT2D eigenvalue weighted by Crippen LogP contribution is -2.62. The fraction of sp³-hybridized carbons (Fsp3) is 0.0889. The van der Waals surface area contributed by atoms with Gasteiger partial charge in [0.15, 0.2) is 0 Å². The summed E-state index contributed by atoms with van der Waals surface area (Å²) in [6, 6.07) is 59.1. The third kappa shape index (κ3) is 4.78. The summed E-state index contributed by atoms with van der Waals surface area (Å²) in [5.74, 6) is 0. The molecule has 3 heterocycles. The molecule has 2 aliphatic heterocycles. The van der Waals surface area contributed by atoms with Crippen LogP contribution >= 0.6 is 0 Å². The SMILES string of the molecule is CC(C)(C)c1cc(-c2ccccc2)nc2c1N(c1ccccc1)c1cccc3c1B2c1cc(-c2ccccc2)ccc1N3c1ccccc1. The van der Waals surface area contributed by atoms with E-state index in [-0.39, 0.29) is 12.1 Å². The first kappa shape index (κ1) is 29.3. The number of aromatic nitrogens is 1. The van der Waals surface area contributed by atoms with Crippen LogP contribution in [0.5, 0.6) is 0 Å². The Balaban J connectivity index is 1.42. The zero-order valence-corrected chi connectivity index (χ0v) is 28.0. The fourth-order valence-corrected chi connectivity index (χ4v) is 7.74. The minimum atomic E-state index is -0.155. The number of hydrogen-bond acceptors (Lipinski definition) is 3. The van der Waals surface area contributed by atoms with Crippen LogP contribution in [0.15, 0.2) is 164 Å². The topological polar surface area (TPSA) is 19.4 Å². The highest BCUT2D eigenvalue weighted by molar-refractivity contribution is 7.00. The molecule has 0 saturated carbocycles. The molecule has 6 aromatic carbocycles. The molecular formula is C45H36BN3. The zero-order chi connectivity index (χ0) is 33.1. The van der Waals surface area contributed by atoms with Gasteiger partial charge in [0, 0.05) is 39.6 Å². The standard InChI is InChI=1S/C45H36BN3/c1-45(2,3)36-30-38(32-19-10-5-11-20-32)47-44-43(36)49(35-23-14-7-15-24-35)41-26-16-25-40-42(41)46(44)37-29-33(31-17-8-4-9-18-31)27-28-39(37)48(40)34-21-12-6-13-22-34/h4-30H,1-3H3. The fourth-order valence-electron chi connectivity index (χ4n) is 7.74. The van der Waals surface area contributed by atoms with Gasteiger partial charge in [0.1, 0.15) is 0 Å². The van der Waals surface area contributed by atoms with E-state index >= 15 is 0 Å². The highest BCUT2D eigenvalue weighted by atomic mass is 15.2. The maximum absolute atomic E-state index is 5.70. The molecule has 0 N–H and O–H groups in total. The van der Waals surface area contributed by atoms with Crippen LogP contribution in [0.3, 0.4) is 0 Å². The van der Waals surface area contributed by atoms with Gasteiger partial charge >= 0.3 is 0 Å². The quantitative estimate of drug-likeness (QED) is 0.181. The van der Waals surface area contributed by atoms with Crippen molar-refractivity contribution in [3.8, 4) is 22.4 Å². The predicted octanol–water partition coefficient (Wildman–Crippen LogP) is 9.80. The van der Waals surface area contributed by atoms with E-state index in [1.54, 1.807) is 0 Å². The Hall–Kier alpha value is -5.87. The van der Waals surface area contributed by atoms with Gasteiger partial charge in [0.05, 0.1) is 11.4 Å². The molecule has 0 saturated heterocycles. The molecule has 0 radical (unpaired) electrons. The number of rotatable bonds is 4. The number of nitrogens with zero attached hydrogens (tertiary/aromatic N) is 3. The van der Waals surface area contributed by atoms with Gasteiger partial charge in [-0.25, -0.2) is 0 Å². The second kappa shape index (κ2) is 11.4. The molecule has 9 rings (SSSR count). The lowest BCUT2D eigenvalue weighted by Gasteiger charge is -2.45. The Labute approximate surface area is 289 Å². The normalized spacial score (nSPS) is 13.1. The van der Waals surface area contributed by atoms with Crippen molar-refractivity contribution in [3.05, 3.63) is 169 Å². The predicted molar refractivity (Wildman–Crippen MR) is 208 cm³/mol. The monoisotopic (exact) mass is 629 g/mol. The van der Waals surface area contributed by atoms with E-state index in [2.05, 4.69) is 194 Å². The highest BCUT2D eigenvalue weighted by Crippen LogP contribution is 2.47. The van der Waals surface area contributed by atoms with Crippen LogP contribution in [-0.2, 0) is 5.41 Å². The first-order valence-electron chi connectivity index (χ1n) is 17.1. The number of fused-ring (bicyclic) bond motifs is 4. The first-order valence-corrected chi connectivity index (χ1v) is 17.1. The molecule has 0 spiro atoms. The van der Waals surface area contributed by atoms with Crippen LogP contribution in [0, 0.1) is 0 Å². The van der Waals surface area contributed by atoms with Gasteiger partial charge in [0.25, 0.3) is 6.71 Å². The van der Waals surface area contributed by atoms with Crippen molar-refractivity contribution in [2.75, 3.05) is 9.80 Å². The van der Waals surface area contributed by atoms with Crippen molar-refractivity contribution in [2.45, 2.75) is 26.2 Å². The summed E-state index contributed by atoms with van der Waals surface area (Å²) in [6.45, 7) is 6.90. The summed E-state index contributed by atoms with van der Waals surface area (Å²) in [7, 11) is 0. The van der Waals surface area contributed by atoms with E-state index in [0.717, 1.165) is 28.2 Å². The molecule has 0 bridgehead atoms.